The quantitative estimate of drug-likeness (QED) is 0.688. The Labute approximate surface area is 160 Å². The summed E-state index contributed by atoms with van der Waals surface area (Å²) < 4.78 is 33.0. The minimum Gasteiger partial charge on any atom is -0.385 e. The van der Waals surface area contributed by atoms with Crippen molar-refractivity contribution in [1.29, 1.82) is 0 Å². The van der Waals surface area contributed by atoms with Gasteiger partial charge in [-0.25, -0.2) is 8.42 Å². The Morgan fingerprint density at radius 2 is 2.00 bits per heavy atom. The number of sulfonamides is 1. The van der Waals surface area contributed by atoms with Crippen LogP contribution in [0.2, 0.25) is 0 Å². The van der Waals surface area contributed by atoms with E-state index >= 15 is 0 Å². The van der Waals surface area contributed by atoms with Gasteiger partial charge in [0.1, 0.15) is 4.21 Å². The molecular weight excluding hydrogens is 372 g/mol. The molecule has 2 aliphatic rings. The fourth-order valence-corrected chi connectivity index (χ4v) is 7.05. The second-order valence-corrected chi connectivity index (χ2v) is 10.5. The Balaban J connectivity index is 1.64. The van der Waals surface area contributed by atoms with E-state index in [9.17, 15) is 13.2 Å². The highest BCUT2D eigenvalue weighted by molar-refractivity contribution is 7.91. The van der Waals surface area contributed by atoms with Gasteiger partial charge in [0.05, 0.1) is 0 Å². The van der Waals surface area contributed by atoms with Gasteiger partial charge in [-0.3, -0.25) is 4.79 Å². The van der Waals surface area contributed by atoms with Crippen molar-refractivity contribution in [2.75, 3.05) is 39.9 Å². The lowest BCUT2D eigenvalue weighted by molar-refractivity contribution is -0.139. The average Bonchev–Trinajstić information content (AvgIpc) is 3.06. The number of ether oxygens (including phenoxy) is 1. The number of methoxy groups -OCH3 is 1. The molecule has 0 aromatic carbocycles. The summed E-state index contributed by atoms with van der Waals surface area (Å²) in [4.78, 5) is 14.2. The third-order valence-corrected chi connectivity index (χ3v) is 9.26. The highest BCUT2D eigenvalue weighted by Crippen LogP contribution is 2.41. The number of aryl methyl sites for hydroxylation is 1. The van der Waals surface area contributed by atoms with Gasteiger partial charge in [-0.1, -0.05) is 0 Å². The van der Waals surface area contributed by atoms with Crippen LogP contribution in [0, 0.1) is 12.3 Å². The highest BCUT2D eigenvalue weighted by Gasteiger charge is 2.43. The molecule has 3 rings (SSSR count). The molecule has 3 heterocycles. The van der Waals surface area contributed by atoms with E-state index in [-0.39, 0.29) is 11.3 Å². The van der Waals surface area contributed by atoms with Crippen LogP contribution in [0.1, 0.15) is 37.7 Å². The van der Waals surface area contributed by atoms with Gasteiger partial charge in [-0.05, 0) is 55.0 Å². The summed E-state index contributed by atoms with van der Waals surface area (Å²) in [5.41, 5.74) is 0.889. The van der Waals surface area contributed by atoms with Crippen molar-refractivity contribution >= 4 is 27.3 Å². The molecule has 0 atom stereocenters. The van der Waals surface area contributed by atoms with Crippen LogP contribution in [0.15, 0.2) is 15.7 Å². The molecular formula is C18H28N2O4S2. The molecule has 26 heavy (non-hydrogen) atoms. The molecule has 1 amide bonds. The van der Waals surface area contributed by atoms with Crippen LogP contribution in [0.5, 0.6) is 0 Å². The summed E-state index contributed by atoms with van der Waals surface area (Å²) in [7, 11) is -1.72. The maximum atomic E-state index is 12.9. The molecule has 0 saturated carbocycles. The Hall–Kier alpha value is -0.960. The molecule has 0 aliphatic carbocycles. The zero-order valence-electron chi connectivity index (χ0n) is 15.6. The molecule has 0 unspecified atom stereocenters. The number of likely N-dealkylation sites (tertiary alicyclic amines) is 1. The monoisotopic (exact) mass is 400 g/mol. The Bertz CT molecular complexity index is 736. The number of hydrogen-bond donors (Lipinski definition) is 0. The number of carbonyl (C=O) groups is 1. The van der Waals surface area contributed by atoms with Gasteiger partial charge >= 0.3 is 0 Å². The van der Waals surface area contributed by atoms with Gasteiger partial charge in [-0.2, -0.15) is 4.31 Å². The minimum atomic E-state index is -3.39. The van der Waals surface area contributed by atoms with E-state index in [0.717, 1.165) is 44.3 Å². The SMILES string of the molecule is COCCCN1CC2(CCC1=O)CCN(S(=O)(=O)c1sccc1C)CC2. The first-order valence-electron chi connectivity index (χ1n) is 9.19. The van der Waals surface area contributed by atoms with Crippen LogP contribution in [-0.4, -0.2) is 63.4 Å². The summed E-state index contributed by atoms with van der Waals surface area (Å²) in [5.74, 6) is 0.219. The van der Waals surface area contributed by atoms with Gasteiger partial charge in [0.2, 0.25) is 5.91 Å². The molecule has 0 bridgehead atoms. The van der Waals surface area contributed by atoms with E-state index in [2.05, 4.69) is 0 Å². The van der Waals surface area contributed by atoms with Crippen molar-refractivity contribution in [2.45, 2.75) is 43.2 Å². The van der Waals surface area contributed by atoms with Gasteiger partial charge in [0.15, 0.2) is 0 Å². The van der Waals surface area contributed by atoms with Crippen LogP contribution in [-0.2, 0) is 19.6 Å². The van der Waals surface area contributed by atoms with E-state index in [1.807, 2.05) is 23.3 Å². The predicted octanol–water partition coefficient (Wildman–Crippen LogP) is 2.49. The second-order valence-electron chi connectivity index (χ2n) is 7.46. The zero-order chi connectivity index (χ0) is 18.8. The van der Waals surface area contributed by atoms with Crippen LogP contribution in [0.25, 0.3) is 0 Å². The van der Waals surface area contributed by atoms with Gasteiger partial charge in [0.25, 0.3) is 10.0 Å². The van der Waals surface area contributed by atoms with E-state index in [1.165, 1.54) is 11.3 Å². The topological polar surface area (TPSA) is 66.9 Å². The Morgan fingerprint density at radius 1 is 1.27 bits per heavy atom. The van der Waals surface area contributed by atoms with Gasteiger partial charge in [-0.15, -0.1) is 11.3 Å². The van der Waals surface area contributed by atoms with E-state index in [1.54, 1.807) is 11.4 Å². The first-order chi connectivity index (χ1) is 12.4. The van der Waals surface area contributed by atoms with Crippen LogP contribution in [0.3, 0.4) is 0 Å². The fraction of sp³-hybridized carbons (Fsp3) is 0.722. The van der Waals surface area contributed by atoms with E-state index in [0.29, 0.717) is 30.3 Å². The summed E-state index contributed by atoms with van der Waals surface area (Å²) in [6, 6.07) is 1.85. The first kappa shape index (κ1) is 19.8. The molecule has 2 saturated heterocycles. The third kappa shape index (κ3) is 3.98. The third-order valence-electron chi connectivity index (χ3n) is 5.70. The predicted molar refractivity (Wildman–Crippen MR) is 102 cm³/mol. The molecule has 0 radical (unpaired) electrons. The fourth-order valence-electron chi connectivity index (χ4n) is 4.06. The maximum Gasteiger partial charge on any atom is 0.252 e. The molecule has 2 fully saturated rings. The lowest BCUT2D eigenvalue weighted by Gasteiger charge is -2.47. The maximum absolute atomic E-state index is 12.9. The van der Waals surface area contributed by atoms with E-state index in [4.69, 9.17) is 4.74 Å². The van der Waals surface area contributed by atoms with E-state index < -0.39 is 10.0 Å². The summed E-state index contributed by atoms with van der Waals surface area (Å²) in [6.07, 6.45) is 3.94. The number of carbonyl (C=O) groups excluding carboxylic acids is 1. The second kappa shape index (κ2) is 7.96. The van der Waals surface area contributed by atoms with Gasteiger partial charge in [0, 0.05) is 46.3 Å². The van der Waals surface area contributed by atoms with Crippen molar-refractivity contribution < 1.29 is 17.9 Å². The first-order valence-corrected chi connectivity index (χ1v) is 11.5. The molecule has 6 nitrogen and oxygen atoms in total. The summed E-state index contributed by atoms with van der Waals surface area (Å²) in [5, 5.41) is 1.83. The molecule has 8 heteroatoms. The van der Waals surface area contributed by atoms with Crippen molar-refractivity contribution in [2.24, 2.45) is 5.41 Å². The number of piperidine rings is 2. The zero-order valence-corrected chi connectivity index (χ0v) is 17.2. The number of nitrogens with zero attached hydrogens (tertiary/aromatic N) is 2. The van der Waals surface area contributed by atoms with Crippen molar-refractivity contribution in [3.63, 3.8) is 0 Å². The molecule has 2 aliphatic heterocycles. The number of amides is 1. The normalized spacial score (nSPS) is 21.5. The lowest BCUT2D eigenvalue weighted by Crippen LogP contribution is -2.52. The molecule has 146 valence electrons. The molecule has 1 spiro atoms. The van der Waals surface area contributed by atoms with Crippen LogP contribution < -0.4 is 0 Å². The average molecular weight is 401 g/mol. The van der Waals surface area contributed by atoms with Crippen LogP contribution in [0.4, 0.5) is 0 Å². The lowest BCUT2D eigenvalue weighted by atomic mass is 9.72. The summed E-state index contributed by atoms with van der Waals surface area (Å²) >= 11 is 1.29. The standard InChI is InChI=1S/C18H28N2O4S2/c1-15-5-13-25-17(15)26(22,23)20-10-7-18(8-11-20)6-4-16(21)19(14-18)9-3-12-24-2/h5,13H,3-4,6-12,14H2,1-2H3. The Morgan fingerprint density at radius 3 is 2.62 bits per heavy atom. The number of thiophene rings is 1. The summed E-state index contributed by atoms with van der Waals surface area (Å²) in [6.45, 7) is 5.06. The van der Waals surface area contributed by atoms with Crippen molar-refractivity contribution in [3.05, 3.63) is 17.0 Å². The largest absolute Gasteiger partial charge is 0.385 e. The molecule has 0 N–H and O–H groups in total. The number of hydrogen-bond acceptors (Lipinski definition) is 5. The molecule has 1 aromatic rings. The molecule has 1 aromatic heterocycles. The Kier molecular flexibility index (Phi) is 6.06. The highest BCUT2D eigenvalue weighted by atomic mass is 32.2. The van der Waals surface area contributed by atoms with Crippen molar-refractivity contribution in [1.82, 2.24) is 9.21 Å². The minimum absolute atomic E-state index is 0.0670. The van der Waals surface area contributed by atoms with Crippen LogP contribution >= 0.6 is 11.3 Å². The van der Waals surface area contributed by atoms with Gasteiger partial charge < -0.3 is 9.64 Å². The van der Waals surface area contributed by atoms with Crippen molar-refractivity contribution in [3.8, 4) is 0 Å². The smallest absolute Gasteiger partial charge is 0.252 e. The number of rotatable bonds is 6.